The van der Waals surface area contributed by atoms with Crippen LogP contribution in [0.5, 0.6) is 0 Å². The van der Waals surface area contributed by atoms with E-state index in [0.29, 0.717) is 6.42 Å². The monoisotopic (exact) mass is 451 g/mol. The summed E-state index contributed by atoms with van der Waals surface area (Å²) in [6.45, 7) is 12.4. The Bertz CT molecular complexity index is 684. The highest BCUT2D eigenvalue weighted by molar-refractivity contribution is 5.24. The van der Waals surface area contributed by atoms with Crippen molar-refractivity contribution in [3.8, 4) is 0 Å². The molecule has 1 fully saturated rings. The molecule has 32 heavy (non-hydrogen) atoms. The molecule has 0 bridgehead atoms. The quantitative estimate of drug-likeness (QED) is 0.285. The van der Waals surface area contributed by atoms with Crippen molar-refractivity contribution >= 4 is 0 Å². The summed E-state index contributed by atoms with van der Waals surface area (Å²) in [5, 5.41) is 23.4. The molecule has 0 amide bonds. The summed E-state index contributed by atoms with van der Waals surface area (Å²) in [5.74, 6) is 0.104. The van der Waals surface area contributed by atoms with Gasteiger partial charge in [-0.05, 0) is 39.7 Å². The predicted octanol–water partition coefficient (Wildman–Crippen LogP) is 3.58. The van der Waals surface area contributed by atoms with Gasteiger partial charge in [0.15, 0.2) is 6.10 Å². The first-order valence-corrected chi connectivity index (χ1v) is 11.6. The molecule has 0 aromatic heterocycles. The Morgan fingerprint density at radius 3 is 2.31 bits per heavy atom. The van der Waals surface area contributed by atoms with Crippen LogP contribution in [0.3, 0.4) is 0 Å². The number of aliphatic hydroxyl groups excluding tert-OH is 1. The molecule has 1 rings (SSSR count). The predicted molar refractivity (Wildman–Crippen MR) is 130 cm³/mol. The van der Waals surface area contributed by atoms with E-state index in [1.54, 1.807) is 7.11 Å². The van der Waals surface area contributed by atoms with Gasteiger partial charge < -0.3 is 29.6 Å². The molecule has 6 nitrogen and oxygen atoms in total. The average molecular weight is 452 g/mol. The molecule has 1 aliphatic heterocycles. The van der Waals surface area contributed by atoms with Crippen molar-refractivity contribution in [3.05, 3.63) is 52.3 Å². The summed E-state index contributed by atoms with van der Waals surface area (Å²) in [4.78, 5) is 0. The third-order valence-electron chi connectivity index (χ3n) is 6.61. The summed E-state index contributed by atoms with van der Waals surface area (Å²) in [6.07, 6.45) is 10.1. The lowest BCUT2D eigenvalue weighted by Gasteiger charge is -2.49. The molecule has 1 heterocycles. The van der Waals surface area contributed by atoms with Crippen LogP contribution in [0.1, 0.15) is 54.4 Å². The van der Waals surface area contributed by atoms with Crippen molar-refractivity contribution in [3.63, 3.8) is 0 Å². The van der Waals surface area contributed by atoms with Gasteiger partial charge in [0.1, 0.15) is 0 Å². The third kappa shape index (κ3) is 7.65. The van der Waals surface area contributed by atoms with Crippen LogP contribution in [0.15, 0.2) is 47.1 Å². The van der Waals surface area contributed by atoms with Crippen LogP contribution in [-0.4, -0.2) is 57.0 Å². The third-order valence-corrected chi connectivity index (χ3v) is 6.61. The summed E-state index contributed by atoms with van der Waals surface area (Å²) in [7, 11) is 4.75. The number of allylic oxidation sites excluding steroid dienone is 5. The molecule has 1 aliphatic rings. The zero-order valence-electron chi connectivity index (χ0n) is 21.4. The first kappa shape index (κ1) is 28.8. The van der Waals surface area contributed by atoms with E-state index in [1.165, 1.54) is 30.9 Å². The normalized spacial score (nSPS) is 32.4. The molecule has 0 saturated carbocycles. The van der Waals surface area contributed by atoms with Crippen LogP contribution in [0.2, 0.25) is 0 Å². The van der Waals surface area contributed by atoms with Crippen molar-refractivity contribution in [1.29, 1.82) is 0 Å². The van der Waals surface area contributed by atoms with Gasteiger partial charge in [0.05, 0.1) is 18.2 Å². The minimum absolute atomic E-state index is 0.00551. The van der Waals surface area contributed by atoms with Crippen molar-refractivity contribution in [2.75, 3.05) is 21.3 Å². The minimum Gasteiger partial charge on any atom is -0.632 e. The van der Waals surface area contributed by atoms with Crippen molar-refractivity contribution in [1.82, 2.24) is 0 Å². The Labute approximate surface area is 195 Å². The molecule has 6 unspecified atom stereocenters. The van der Waals surface area contributed by atoms with Crippen LogP contribution in [0, 0.1) is 17.0 Å². The van der Waals surface area contributed by atoms with Gasteiger partial charge in [-0.2, -0.15) is 0 Å². The maximum Gasteiger partial charge on any atom is 0.220 e. The largest absolute Gasteiger partial charge is 0.632 e. The number of quaternary nitrogens is 1. The average Bonchev–Trinajstić information content (AvgIpc) is 2.75. The highest BCUT2D eigenvalue weighted by Gasteiger charge is 2.47. The number of aliphatic hydroxyl groups is 1. The number of rotatable bonds is 11. The number of nitrogens with one attached hydrogen (secondary N) is 1. The fraction of sp³-hybridized carbons (Fsp3) is 0.692. The molecule has 0 spiro atoms. The second kappa shape index (κ2) is 14.1. The molecular formula is C26H45NO5. The lowest BCUT2D eigenvalue weighted by atomic mass is 9.85. The van der Waals surface area contributed by atoms with E-state index in [2.05, 4.69) is 52.0 Å². The molecule has 1 saturated heterocycles. The topological polar surface area (TPSA) is 75.4 Å². The van der Waals surface area contributed by atoms with Gasteiger partial charge in [0.2, 0.25) is 6.23 Å². The molecule has 8 atom stereocenters. The molecule has 184 valence electrons. The molecule has 6 heteroatoms. The SMILES string of the molecule is CC=C(C)[C@@H](OC)[C@@H](C)C=C(C)C=C(C)CC=CCC1C(C)C(O)C(OC)C(OC)[NH+]1[O-]. The van der Waals surface area contributed by atoms with E-state index < -0.39 is 18.4 Å². The number of methoxy groups -OCH3 is 3. The van der Waals surface area contributed by atoms with E-state index >= 15 is 0 Å². The molecule has 0 radical (unpaired) electrons. The Morgan fingerprint density at radius 1 is 1.12 bits per heavy atom. The summed E-state index contributed by atoms with van der Waals surface area (Å²) < 4.78 is 16.3. The molecule has 0 aromatic carbocycles. The van der Waals surface area contributed by atoms with Gasteiger partial charge in [0.25, 0.3) is 0 Å². The Kier molecular flexibility index (Phi) is 12.7. The molecule has 2 N–H and O–H groups in total. The van der Waals surface area contributed by atoms with Crippen LogP contribution >= 0.6 is 0 Å². The second-order valence-corrected chi connectivity index (χ2v) is 9.08. The number of ether oxygens (including phenoxy) is 3. The van der Waals surface area contributed by atoms with Crippen LogP contribution < -0.4 is 5.06 Å². The van der Waals surface area contributed by atoms with E-state index in [1.807, 2.05) is 19.9 Å². The number of piperidine rings is 1. The standard InChI is InChI=1S/C26H45NO5/c1-10-19(4)24(30-7)20(5)16-18(3)15-17(2)13-11-12-14-22-21(6)23(28)25(31-8)26(32-9)27(22)29/h10-12,15-16,20-28H,13-14H2,1-9H3/t20-,21?,22?,23?,24+,25?,26?/m0/s1. The summed E-state index contributed by atoms with van der Waals surface area (Å²) in [6, 6.07) is -0.273. The first-order valence-electron chi connectivity index (χ1n) is 11.6. The van der Waals surface area contributed by atoms with E-state index in [0.717, 1.165) is 6.42 Å². The lowest BCUT2D eigenvalue weighted by molar-refractivity contribution is -0.941. The smallest absolute Gasteiger partial charge is 0.220 e. The fourth-order valence-corrected chi connectivity index (χ4v) is 4.68. The number of hydrogen-bond acceptors (Lipinski definition) is 5. The van der Waals surface area contributed by atoms with Gasteiger partial charge in [-0.25, -0.2) is 0 Å². The van der Waals surface area contributed by atoms with Crippen LogP contribution in [0.4, 0.5) is 0 Å². The minimum atomic E-state index is -0.723. The Balaban J connectivity index is 2.72. The number of hydrogen-bond donors (Lipinski definition) is 2. The van der Waals surface area contributed by atoms with E-state index in [9.17, 15) is 10.3 Å². The highest BCUT2D eigenvalue weighted by Crippen LogP contribution is 2.23. The zero-order valence-corrected chi connectivity index (χ0v) is 21.4. The summed E-state index contributed by atoms with van der Waals surface area (Å²) in [5.41, 5.74) is 3.69. The molecular weight excluding hydrogens is 406 g/mol. The Morgan fingerprint density at radius 2 is 1.78 bits per heavy atom. The maximum absolute atomic E-state index is 12.8. The zero-order chi connectivity index (χ0) is 24.4. The van der Waals surface area contributed by atoms with Gasteiger partial charge in [-0.1, -0.05) is 55.4 Å². The fourth-order valence-electron chi connectivity index (χ4n) is 4.68. The summed E-state index contributed by atoms with van der Waals surface area (Å²) >= 11 is 0. The first-order chi connectivity index (χ1) is 15.1. The van der Waals surface area contributed by atoms with Crippen molar-refractivity contribution in [2.24, 2.45) is 11.8 Å². The van der Waals surface area contributed by atoms with Gasteiger partial charge in [-0.3, -0.25) is 0 Å². The van der Waals surface area contributed by atoms with E-state index in [-0.39, 0.29) is 29.0 Å². The van der Waals surface area contributed by atoms with Gasteiger partial charge in [-0.15, -0.1) is 0 Å². The molecule has 0 aromatic rings. The van der Waals surface area contributed by atoms with Crippen LogP contribution in [-0.2, 0) is 14.2 Å². The highest BCUT2D eigenvalue weighted by atomic mass is 16.6. The lowest BCUT2D eigenvalue weighted by Crippen LogP contribution is -3.19. The maximum atomic E-state index is 12.8. The Hall–Kier alpha value is -1.28. The second-order valence-electron chi connectivity index (χ2n) is 9.08. The van der Waals surface area contributed by atoms with Gasteiger partial charge >= 0.3 is 0 Å². The van der Waals surface area contributed by atoms with Crippen LogP contribution in [0.25, 0.3) is 0 Å². The molecule has 0 aliphatic carbocycles. The van der Waals surface area contributed by atoms with Gasteiger partial charge in [0, 0.05) is 39.6 Å². The van der Waals surface area contributed by atoms with Crippen molar-refractivity contribution < 1.29 is 24.4 Å². The van der Waals surface area contributed by atoms with E-state index in [4.69, 9.17) is 14.2 Å². The number of hydroxylamine groups is 2. The van der Waals surface area contributed by atoms with Crippen molar-refractivity contribution in [2.45, 2.75) is 85.0 Å².